The zero-order valence-electron chi connectivity index (χ0n) is 13.2. The molecule has 0 saturated carbocycles. The zero-order valence-corrected chi connectivity index (χ0v) is 14.7. The monoisotopic (exact) mass is 350 g/mol. The summed E-state index contributed by atoms with van der Waals surface area (Å²) in [4.78, 5) is 14.1. The predicted molar refractivity (Wildman–Crippen MR) is 95.8 cm³/mol. The molecule has 3 nitrogen and oxygen atoms in total. The number of halogens is 2. The smallest absolute Gasteiger partial charge is 0.234 e. The molecule has 0 saturated heterocycles. The lowest BCUT2D eigenvalue weighted by Gasteiger charge is -2.19. The molecule has 0 aliphatic rings. The Labute approximate surface area is 147 Å². The zero-order chi connectivity index (χ0) is 16.8. The molecule has 23 heavy (non-hydrogen) atoms. The normalized spacial score (nSPS) is 12.2. The number of carbonyl (C=O) groups is 1. The van der Waals surface area contributed by atoms with Gasteiger partial charge in [-0.1, -0.05) is 59.6 Å². The summed E-state index contributed by atoms with van der Waals surface area (Å²) in [5.74, 6) is -0.0103. The summed E-state index contributed by atoms with van der Waals surface area (Å²) in [6.07, 6.45) is 0. The number of nitrogens with one attached hydrogen (secondary N) is 1. The lowest BCUT2D eigenvalue weighted by atomic mass is 10.1. The minimum atomic E-state index is -0.0120. The molecular formula is C18H20Cl2N2O. The van der Waals surface area contributed by atoms with Gasteiger partial charge in [0, 0.05) is 6.54 Å². The summed E-state index contributed by atoms with van der Waals surface area (Å²) in [6, 6.07) is 15.4. The lowest BCUT2D eigenvalue weighted by Crippen LogP contribution is -2.36. The summed E-state index contributed by atoms with van der Waals surface area (Å²) >= 11 is 11.9. The molecule has 2 aromatic rings. The van der Waals surface area contributed by atoms with E-state index < -0.39 is 0 Å². The Morgan fingerprint density at radius 3 is 2.48 bits per heavy atom. The standard InChI is InChI=1S/C18H20Cl2N2O/c1-13(15-6-4-3-5-7-15)21-18(23)12-22(2)11-14-8-9-16(19)17(20)10-14/h3-10,13H,11-12H2,1-2H3,(H,21,23)/t13-/m0/s1. The molecule has 1 amide bonds. The van der Waals surface area contributed by atoms with E-state index in [-0.39, 0.29) is 11.9 Å². The summed E-state index contributed by atoms with van der Waals surface area (Å²) in [5.41, 5.74) is 2.11. The van der Waals surface area contributed by atoms with Crippen LogP contribution in [0.15, 0.2) is 48.5 Å². The first kappa shape index (κ1) is 17.8. The van der Waals surface area contributed by atoms with E-state index in [1.54, 1.807) is 6.07 Å². The SMILES string of the molecule is C[C@H](NC(=O)CN(C)Cc1ccc(Cl)c(Cl)c1)c1ccccc1. The van der Waals surface area contributed by atoms with Crippen LogP contribution in [-0.2, 0) is 11.3 Å². The second-order valence-electron chi connectivity index (χ2n) is 5.62. The van der Waals surface area contributed by atoms with E-state index in [4.69, 9.17) is 23.2 Å². The molecular weight excluding hydrogens is 331 g/mol. The third kappa shape index (κ3) is 5.54. The fraction of sp³-hybridized carbons (Fsp3) is 0.278. The Balaban J connectivity index is 1.85. The topological polar surface area (TPSA) is 32.3 Å². The Morgan fingerprint density at radius 1 is 1.13 bits per heavy atom. The Bertz CT molecular complexity index is 661. The van der Waals surface area contributed by atoms with E-state index in [1.165, 1.54) is 0 Å². The van der Waals surface area contributed by atoms with Gasteiger partial charge in [-0.15, -0.1) is 0 Å². The van der Waals surface area contributed by atoms with E-state index in [0.717, 1.165) is 11.1 Å². The first-order valence-electron chi connectivity index (χ1n) is 7.42. The van der Waals surface area contributed by atoms with Crippen LogP contribution in [0, 0.1) is 0 Å². The minimum absolute atomic E-state index is 0.0103. The molecule has 0 aliphatic heterocycles. The van der Waals surface area contributed by atoms with Crippen LogP contribution >= 0.6 is 23.2 Å². The van der Waals surface area contributed by atoms with Crippen LogP contribution in [-0.4, -0.2) is 24.4 Å². The second-order valence-corrected chi connectivity index (χ2v) is 6.44. The van der Waals surface area contributed by atoms with Crippen molar-refractivity contribution in [3.8, 4) is 0 Å². The Hall–Kier alpha value is -1.55. The van der Waals surface area contributed by atoms with Crippen molar-refractivity contribution in [2.24, 2.45) is 0 Å². The molecule has 2 rings (SSSR count). The largest absolute Gasteiger partial charge is 0.348 e. The maximum atomic E-state index is 12.1. The molecule has 0 heterocycles. The number of likely N-dealkylation sites (N-methyl/N-ethyl adjacent to an activating group) is 1. The first-order chi connectivity index (χ1) is 11.0. The number of hydrogen-bond acceptors (Lipinski definition) is 2. The quantitative estimate of drug-likeness (QED) is 0.842. The number of rotatable bonds is 6. The molecule has 0 fully saturated rings. The molecule has 0 aromatic heterocycles. The van der Waals surface area contributed by atoms with Gasteiger partial charge in [0.05, 0.1) is 22.6 Å². The molecule has 1 atom stereocenters. The summed E-state index contributed by atoms with van der Waals surface area (Å²) < 4.78 is 0. The number of hydrogen-bond donors (Lipinski definition) is 1. The van der Waals surface area contributed by atoms with Crippen LogP contribution in [0.2, 0.25) is 10.0 Å². The third-order valence-corrected chi connectivity index (χ3v) is 4.27. The molecule has 0 bridgehead atoms. The van der Waals surface area contributed by atoms with Gasteiger partial charge in [-0.05, 0) is 37.2 Å². The molecule has 2 aromatic carbocycles. The fourth-order valence-electron chi connectivity index (χ4n) is 2.36. The van der Waals surface area contributed by atoms with Crippen molar-refractivity contribution in [3.05, 3.63) is 69.7 Å². The summed E-state index contributed by atoms with van der Waals surface area (Å²) in [7, 11) is 1.90. The van der Waals surface area contributed by atoms with E-state index in [9.17, 15) is 4.79 Å². The molecule has 0 unspecified atom stereocenters. The lowest BCUT2D eigenvalue weighted by molar-refractivity contribution is -0.122. The first-order valence-corrected chi connectivity index (χ1v) is 8.18. The van der Waals surface area contributed by atoms with Gasteiger partial charge in [0.2, 0.25) is 5.91 Å². The fourth-order valence-corrected chi connectivity index (χ4v) is 2.68. The van der Waals surface area contributed by atoms with E-state index >= 15 is 0 Å². The number of amides is 1. The number of nitrogens with zero attached hydrogens (tertiary/aromatic N) is 1. The van der Waals surface area contributed by atoms with Gasteiger partial charge < -0.3 is 5.32 Å². The Morgan fingerprint density at radius 2 is 1.83 bits per heavy atom. The van der Waals surface area contributed by atoms with Crippen molar-refractivity contribution in [1.82, 2.24) is 10.2 Å². The molecule has 0 aliphatic carbocycles. The van der Waals surface area contributed by atoms with Gasteiger partial charge in [-0.25, -0.2) is 0 Å². The highest BCUT2D eigenvalue weighted by molar-refractivity contribution is 6.42. The maximum Gasteiger partial charge on any atom is 0.234 e. The highest BCUT2D eigenvalue weighted by atomic mass is 35.5. The number of carbonyl (C=O) groups excluding carboxylic acids is 1. The average Bonchev–Trinajstić information content (AvgIpc) is 2.51. The molecule has 122 valence electrons. The van der Waals surface area contributed by atoms with Crippen molar-refractivity contribution in [2.75, 3.05) is 13.6 Å². The summed E-state index contributed by atoms with van der Waals surface area (Å²) in [6.45, 7) is 2.92. The van der Waals surface area contributed by atoms with Gasteiger partial charge in [-0.2, -0.15) is 0 Å². The van der Waals surface area contributed by atoms with E-state index in [0.29, 0.717) is 23.1 Å². The van der Waals surface area contributed by atoms with Crippen LogP contribution in [0.25, 0.3) is 0 Å². The highest BCUT2D eigenvalue weighted by Crippen LogP contribution is 2.23. The van der Waals surface area contributed by atoms with Crippen molar-refractivity contribution < 1.29 is 4.79 Å². The van der Waals surface area contributed by atoms with Crippen LogP contribution in [0.1, 0.15) is 24.1 Å². The number of benzene rings is 2. The third-order valence-electron chi connectivity index (χ3n) is 3.53. The molecule has 5 heteroatoms. The highest BCUT2D eigenvalue weighted by Gasteiger charge is 2.12. The van der Waals surface area contributed by atoms with E-state index in [2.05, 4.69) is 5.32 Å². The van der Waals surface area contributed by atoms with E-state index in [1.807, 2.05) is 61.3 Å². The van der Waals surface area contributed by atoms with Crippen molar-refractivity contribution in [2.45, 2.75) is 19.5 Å². The molecule has 0 spiro atoms. The van der Waals surface area contributed by atoms with Crippen molar-refractivity contribution >= 4 is 29.1 Å². The van der Waals surface area contributed by atoms with Gasteiger partial charge >= 0.3 is 0 Å². The molecule has 0 radical (unpaired) electrons. The molecule has 1 N–H and O–H groups in total. The predicted octanol–water partition coefficient (Wildman–Crippen LogP) is 4.30. The van der Waals surface area contributed by atoms with Gasteiger partial charge in [-0.3, -0.25) is 9.69 Å². The van der Waals surface area contributed by atoms with Gasteiger partial charge in [0.1, 0.15) is 0 Å². The van der Waals surface area contributed by atoms with Crippen molar-refractivity contribution in [1.29, 1.82) is 0 Å². The van der Waals surface area contributed by atoms with Crippen LogP contribution in [0.4, 0.5) is 0 Å². The Kier molecular flexibility index (Phi) is 6.46. The second kappa shape index (κ2) is 8.34. The van der Waals surface area contributed by atoms with Crippen LogP contribution in [0.5, 0.6) is 0 Å². The minimum Gasteiger partial charge on any atom is -0.348 e. The maximum absolute atomic E-state index is 12.1. The van der Waals surface area contributed by atoms with Crippen LogP contribution < -0.4 is 5.32 Å². The summed E-state index contributed by atoms with van der Waals surface area (Å²) in [5, 5.41) is 4.07. The van der Waals surface area contributed by atoms with Crippen LogP contribution in [0.3, 0.4) is 0 Å². The van der Waals surface area contributed by atoms with Crippen molar-refractivity contribution in [3.63, 3.8) is 0 Å². The van der Waals surface area contributed by atoms with Gasteiger partial charge in [0.25, 0.3) is 0 Å². The average molecular weight is 351 g/mol. The van der Waals surface area contributed by atoms with Gasteiger partial charge in [0.15, 0.2) is 0 Å².